The van der Waals surface area contributed by atoms with Crippen LogP contribution in [0.1, 0.15) is 37.6 Å². The number of hydrogen-bond donors (Lipinski definition) is 2. The molecule has 2 amide bonds. The van der Waals surface area contributed by atoms with Crippen molar-refractivity contribution < 1.29 is 14.5 Å². The summed E-state index contributed by atoms with van der Waals surface area (Å²) in [4.78, 5) is 35.6. The molecule has 7 nitrogen and oxygen atoms in total. The number of anilines is 1. The minimum atomic E-state index is -0.581. The Labute approximate surface area is 149 Å². The van der Waals surface area contributed by atoms with Gasteiger partial charge >= 0.3 is 0 Å². The summed E-state index contributed by atoms with van der Waals surface area (Å²) in [6.07, 6.45) is 2.59. The molecule has 1 aromatic carbocycles. The third kappa shape index (κ3) is 2.92. The molecule has 0 radical (unpaired) electrons. The Morgan fingerprint density at radius 1 is 1.33 bits per heavy atom. The molecule has 1 aliphatic rings. The second-order valence-corrected chi connectivity index (χ2v) is 7.26. The topological polar surface area (TPSA) is 115 Å². The Kier molecular flexibility index (Phi) is 4.37. The summed E-state index contributed by atoms with van der Waals surface area (Å²) in [5.74, 6) is -1.11. The first-order valence-electron chi connectivity index (χ1n) is 7.08. The normalized spacial score (nSPS) is 12.7. The average Bonchev–Trinajstić information content (AvgIpc) is 3.07. The van der Waals surface area contributed by atoms with E-state index in [9.17, 15) is 19.7 Å². The van der Waals surface area contributed by atoms with Crippen LogP contribution in [0.2, 0.25) is 0 Å². The van der Waals surface area contributed by atoms with Crippen LogP contribution in [0, 0.1) is 10.1 Å². The zero-order valence-corrected chi connectivity index (χ0v) is 14.7. The molecule has 0 saturated heterocycles. The number of hydrogen-bond acceptors (Lipinski definition) is 5. The molecular weight excluding hydrogens is 398 g/mol. The summed E-state index contributed by atoms with van der Waals surface area (Å²) in [6.45, 7) is 0. The van der Waals surface area contributed by atoms with E-state index in [4.69, 9.17) is 5.73 Å². The zero-order valence-electron chi connectivity index (χ0n) is 12.3. The highest BCUT2D eigenvalue weighted by Gasteiger charge is 2.27. The number of nitrogens with zero attached hydrogens (tertiary/aromatic N) is 1. The van der Waals surface area contributed by atoms with Crippen molar-refractivity contribution in [2.45, 2.75) is 19.3 Å². The van der Waals surface area contributed by atoms with Gasteiger partial charge in [0.25, 0.3) is 17.5 Å². The molecule has 1 heterocycles. The van der Waals surface area contributed by atoms with Gasteiger partial charge in [0, 0.05) is 21.5 Å². The lowest BCUT2D eigenvalue weighted by Gasteiger charge is -2.07. The van der Waals surface area contributed by atoms with E-state index in [0.29, 0.717) is 15.0 Å². The summed E-state index contributed by atoms with van der Waals surface area (Å²) < 4.78 is 0.426. The largest absolute Gasteiger partial charge is 0.365 e. The smallest absolute Gasteiger partial charge is 0.270 e. The van der Waals surface area contributed by atoms with Crippen molar-refractivity contribution in [3.05, 3.63) is 54.4 Å². The number of halogens is 1. The van der Waals surface area contributed by atoms with Gasteiger partial charge in [-0.15, -0.1) is 11.3 Å². The molecule has 0 bridgehead atoms. The summed E-state index contributed by atoms with van der Waals surface area (Å²) >= 11 is 4.55. The van der Waals surface area contributed by atoms with E-state index in [1.54, 1.807) is 0 Å². The fourth-order valence-electron chi connectivity index (χ4n) is 2.72. The summed E-state index contributed by atoms with van der Waals surface area (Å²) in [5.41, 5.74) is 6.64. The highest BCUT2D eigenvalue weighted by Crippen LogP contribution is 2.39. The maximum atomic E-state index is 12.5. The number of nitrogens with one attached hydrogen (secondary N) is 1. The van der Waals surface area contributed by atoms with Crippen LogP contribution < -0.4 is 11.1 Å². The Morgan fingerprint density at radius 3 is 2.75 bits per heavy atom. The number of carbonyl (C=O) groups is 2. The van der Waals surface area contributed by atoms with Crippen LogP contribution in [0.4, 0.5) is 10.7 Å². The number of non-ortho nitro benzene ring substituents is 1. The zero-order chi connectivity index (χ0) is 17.4. The van der Waals surface area contributed by atoms with E-state index in [-0.39, 0.29) is 11.3 Å². The molecule has 1 aromatic heterocycles. The third-order valence-electron chi connectivity index (χ3n) is 3.80. The molecular formula is C15H12BrN3O4S. The quantitative estimate of drug-likeness (QED) is 0.595. The average molecular weight is 410 g/mol. The minimum Gasteiger partial charge on any atom is -0.365 e. The number of carbonyl (C=O) groups excluding carboxylic acids is 2. The highest BCUT2D eigenvalue weighted by atomic mass is 79.9. The molecule has 0 saturated carbocycles. The number of primary amides is 1. The van der Waals surface area contributed by atoms with E-state index < -0.39 is 16.7 Å². The van der Waals surface area contributed by atoms with Gasteiger partial charge < -0.3 is 11.1 Å². The molecule has 2 aromatic rings. The number of aryl methyl sites for hydroxylation is 1. The summed E-state index contributed by atoms with van der Waals surface area (Å²) in [6, 6.07) is 3.93. The van der Waals surface area contributed by atoms with Crippen molar-refractivity contribution in [1.29, 1.82) is 0 Å². The van der Waals surface area contributed by atoms with Crippen LogP contribution in [0.15, 0.2) is 22.7 Å². The molecule has 0 unspecified atom stereocenters. The van der Waals surface area contributed by atoms with Crippen LogP contribution in [-0.2, 0) is 12.8 Å². The molecule has 9 heteroatoms. The van der Waals surface area contributed by atoms with Gasteiger partial charge in [0.15, 0.2) is 0 Å². The first-order chi connectivity index (χ1) is 11.4. The lowest BCUT2D eigenvalue weighted by molar-refractivity contribution is -0.384. The second kappa shape index (κ2) is 6.33. The van der Waals surface area contributed by atoms with Crippen molar-refractivity contribution in [3.63, 3.8) is 0 Å². The number of thiophene rings is 1. The van der Waals surface area contributed by atoms with Crippen molar-refractivity contribution >= 4 is 49.8 Å². The van der Waals surface area contributed by atoms with Gasteiger partial charge in [-0.1, -0.05) is 0 Å². The number of benzene rings is 1. The van der Waals surface area contributed by atoms with Crippen molar-refractivity contribution in [2.75, 3.05) is 5.32 Å². The lowest BCUT2D eigenvalue weighted by Crippen LogP contribution is -2.18. The summed E-state index contributed by atoms with van der Waals surface area (Å²) in [7, 11) is 0. The van der Waals surface area contributed by atoms with E-state index in [1.807, 2.05) is 0 Å². The highest BCUT2D eigenvalue weighted by molar-refractivity contribution is 9.10. The van der Waals surface area contributed by atoms with E-state index >= 15 is 0 Å². The summed E-state index contributed by atoms with van der Waals surface area (Å²) in [5, 5.41) is 14.0. The maximum Gasteiger partial charge on any atom is 0.270 e. The standard InChI is InChI=1S/C15H12BrN3O4S/c16-10-5-4-7(19(22)23)6-9(10)14(21)18-15-12(13(17)20)8-2-1-3-11(8)24-15/h4-6H,1-3H2,(H2,17,20)(H,18,21). The number of nitrogens with two attached hydrogens (primary N) is 1. The Hall–Kier alpha value is -2.26. The monoisotopic (exact) mass is 409 g/mol. The number of nitro benzene ring substituents is 1. The van der Waals surface area contributed by atoms with Gasteiger partial charge in [-0.25, -0.2) is 0 Å². The molecule has 0 atom stereocenters. The van der Waals surface area contributed by atoms with E-state index in [0.717, 1.165) is 29.7 Å². The first kappa shape index (κ1) is 16.6. The lowest BCUT2D eigenvalue weighted by atomic mass is 10.1. The molecule has 1 aliphatic carbocycles. The predicted molar refractivity (Wildman–Crippen MR) is 93.6 cm³/mol. The van der Waals surface area contributed by atoms with Crippen molar-refractivity contribution in [3.8, 4) is 0 Å². The predicted octanol–water partition coefficient (Wildman–Crippen LogP) is 3.26. The number of fused-ring (bicyclic) bond motifs is 1. The van der Waals surface area contributed by atoms with Crippen molar-refractivity contribution in [1.82, 2.24) is 0 Å². The van der Waals surface area contributed by atoms with E-state index in [2.05, 4.69) is 21.2 Å². The number of nitro groups is 1. The van der Waals surface area contributed by atoms with Gasteiger partial charge in [-0.05, 0) is 46.8 Å². The molecule has 0 fully saturated rings. The Bertz CT molecular complexity index is 878. The Balaban J connectivity index is 1.95. The molecule has 0 spiro atoms. The molecule has 3 N–H and O–H groups in total. The third-order valence-corrected chi connectivity index (χ3v) is 5.70. The molecule has 3 rings (SSSR count). The van der Waals surface area contributed by atoms with Crippen molar-refractivity contribution in [2.24, 2.45) is 5.73 Å². The van der Waals surface area contributed by atoms with Gasteiger partial charge in [0.1, 0.15) is 5.00 Å². The second-order valence-electron chi connectivity index (χ2n) is 5.30. The van der Waals surface area contributed by atoms with Crippen LogP contribution in [-0.4, -0.2) is 16.7 Å². The van der Waals surface area contributed by atoms with Gasteiger partial charge in [-0.3, -0.25) is 19.7 Å². The van der Waals surface area contributed by atoms with Gasteiger partial charge in [0.05, 0.1) is 16.1 Å². The maximum absolute atomic E-state index is 12.5. The Morgan fingerprint density at radius 2 is 2.08 bits per heavy atom. The fraction of sp³-hybridized carbons (Fsp3) is 0.200. The number of amides is 2. The van der Waals surface area contributed by atoms with Crippen LogP contribution in [0.5, 0.6) is 0 Å². The van der Waals surface area contributed by atoms with Crippen LogP contribution in [0.25, 0.3) is 0 Å². The molecule has 124 valence electrons. The fourth-order valence-corrected chi connectivity index (χ4v) is 4.44. The number of rotatable bonds is 4. The molecule has 0 aliphatic heterocycles. The SMILES string of the molecule is NC(=O)c1c(NC(=O)c2cc([N+](=O)[O-])ccc2Br)sc2c1CCC2. The van der Waals surface area contributed by atoms with Crippen LogP contribution in [0.3, 0.4) is 0 Å². The van der Waals surface area contributed by atoms with E-state index in [1.165, 1.54) is 29.5 Å². The van der Waals surface area contributed by atoms with Gasteiger partial charge in [-0.2, -0.15) is 0 Å². The van der Waals surface area contributed by atoms with Gasteiger partial charge in [0.2, 0.25) is 0 Å². The van der Waals surface area contributed by atoms with Crippen LogP contribution >= 0.6 is 27.3 Å². The minimum absolute atomic E-state index is 0.119. The molecule has 24 heavy (non-hydrogen) atoms. The first-order valence-corrected chi connectivity index (χ1v) is 8.69.